The van der Waals surface area contributed by atoms with E-state index in [2.05, 4.69) is 9.88 Å². The number of amides is 2. The lowest BCUT2D eigenvalue weighted by atomic mass is 10.1. The fourth-order valence-electron chi connectivity index (χ4n) is 2.89. The number of aryl methyl sites for hydroxylation is 1. The summed E-state index contributed by atoms with van der Waals surface area (Å²) in [7, 11) is 0. The van der Waals surface area contributed by atoms with Crippen LogP contribution in [-0.2, 0) is 16.1 Å². The molecular formula is C18H20ClN3O2. The SMILES string of the molecule is O=C(NCCCn1cccc1)C1CC(=O)N(c2ccc(Cl)cc2)C1. The van der Waals surface area contributed by atoms with Gasteiger partial charge in [0.05, 0.1) is 5.92 Å². The number of carbonyl (C=O) groups is 2. The molecule has 1 N–H and O–H groups in total. The van der Waals surface area contributed by atoms with Gasteiger partial charge in [0.1, 0.15) is 0 Å². The molecule has 1 atom stereocenters. The van der Waals surface area contributed by atoms with Gasteiger partial charge in [-0.15, -0.1) is 0 Å². The quantitative estimate of drug-likeness (QED) is 0.818. The maximum atomic E-state index is 12.3. The maximum absolute atomic E-state index is 12.3. The van der Waals surface area contributed by atoms with Gasteiger partial charge in [0.15, 0.2) is 0 Å². The molecule has 0 radical (unpaired) electrons. The highest BCUT2D eigenvalue weighted by Gasteiger charge is 2.34. The van der Waals surface area contributed by atoms with Crippen LogP contribution in [0.5, 0.6) is 0 Å². The van der Waals surface area contributed by atoms with Crippen LogP contribution in [0.15, 0.2) is 48.8 Å². The Morgan fingerprint density at radius 1 is 1.21 bits per heavy atom. The van der Waals surface area contributed by atoms with E-state index >= 15 is 0 Å². The van der Waals surface area contributed by atoms with E-state index in [1.807, 2.05) is 24.5 Å². The number of nitrogens with one attached hydrogen (secondary N) is 1. The van der Waals surface area contributed by atoms with Crippen molar-refractivity contribution in [3.8, 4) is 0 Å². The largest absolute Gasteiger partial charge is 0.356 e. The minimum atomic E-state index is -0.292. The van der Waals surface area contributed by atoms with Crippen molar-refractivity contribution in [2.24, 2.45) is 5.92 Å². The van der Waals surface area contributed by atoms with Crippen LogP contribution >= 0.6 is 11.6 Å². The number of nitrogens with zero attached hydrogens (tertiary/aromatic N) is 2. The number of anilines is 1. The molecule has 2 amide bonds. The van der Waals surface area contributed by atoms with Gasteiger partial charge in [-0.25, -0.2) is 0 Å². The van der Waals surface area contributed by atoms with E-state index in [4.69, 9.17) is 11.6 Å². The normalized spacial score (nSPS) is 17.3. The summed E-state index contributed by atoms with van der Waals surface area (Å²) in [4.78, 5) is 26.1. The minimum absolute atomic E-state index is 0.0233. The van der Waals surface area contributed by atoms with Gasteiger partial charge in [-0.3, -0.25) is 9.59 Å². The van der Waals surface area contributed by atoms with Crippen LogP contribution in [0, 0.1) is 5.92 Å². The topological polar surface area (TPSA) is 54.3 Å². The monoisotopic (exact) mass is 345 g/mol. The Bertz CT molecular complexity index is 698. The number of rotatable bonds is 6. The molecule has 1 fully saturated rings. The molecule has 0 aliphatic carbocycles. The predicted molar refractivity (Wildman–Crippen MR) is 94.0 cm³/mol. The first-order valence-electron chi connectivity index (χ1n) is 8.08. The molecule has 126 valence electrons. The van der Waals surface area contributed by atoms with Crippen LogP contribution in [0.1, 0.15) is 12.8 Å². The summed E-state index contributed by atoms with van der Waals surface area (Å²) >= 11 is 5.87. The van der Waals surface area contributed by atoms with Crippen LogP contribution in [-0.4, -0.2) is 29.5 Å². The van der Waals surface area contributed by atoms with Crippen molar-refractivity contribution in [1.82, 2.24) is 9.88 Å². The van der Waals surface area contributed by atoms with Crippen LogP contribution in [0.3, 0.4) is 0 Å². The first-order chi connectivity index (χ1) is 11.6. The lowest BCUT2D eigenvalue weighted by molar-refractivity contribution is -0.126. The van der Waals surface area contributed by atoms with E-state index < -0.39 is 0 Å². The molecule has 1 unspecified atom stereocenters. The lowest BCUT2D eigenvalue weighted by Crippen LogP contribution is -2.33. The molecule has 0 bridgehead atoms. The zero-order chi connectivity index (χ0) is 16.9. The number of aromatic nitrogens is 1. The van der Waals surface area contributed by atoms with E-state index in [1.54, 1.807) is 29.2 Å². The van der Waals surface area contributed by atoms with Crippen molar-refractivity contribution in [1.29, 1.82) is 0 Å². The van der Waals surface area contributed by atoms with Crippen molar-refractivity contribution in [3.05, 3.63) is 53.8 Å². The van der Waals surface area contributed by atoms with Crippen molar-refractivity contribution < 1.29 is 9.59 Å². The first kappa shape index (κ1) is 16.6. The van der Waals surface area contributed by atoms with Crippen molar-refractivity contribution in [2.75, 3.05) is 18.0 Å². The second kappa shape index (κ2) is 7.53. The van der Waals surface area contributed by atoms with Gasteiger partial charge in [0, 0.05) is 49.2 Å². The Labute approximate surface area is 146 Å². The summed E-state index contributed by atoms with van der Waals surface area (Å²) in [5.74, 6) is -0.364. The summed E-state index contributed by atoms with van der Waals surface area (Å²) in [6, 6.07) is 11.1. The van der Waals surface area contributed by atoms with Crippen molar-refractivity contribution in [3.63, 3.8) is 0 Å². The van der Waals surface area contributed by atoms with E-state index in [1.165, 1.54) is 0 Å². The molecule has 2 aromatic rings. The third-order valence-electron chi connectivity index (χ3n) is 4.19. The van der Waals surface area contributed by atoms with Gasteiger partial charge < -0.3 is 14.8 Å². The van der Waals surface area contributed by atoms with Gasteiger partial charge in [0.2, 0.25) is 11.8 Å². The van der Waals surface area contributed by atoms with Crippen molar-refractivity contribution in [2.45, 2.75) is 19.4 Å². The molecule has 6 heteroatoms. The average molecular weight is 346 g/mol. The standard InChI is InChI=1S/C18H20ClN3O2/c19-15-4-6-16(7-5-15)22-13-14(12-17(22)23)18(24)20-8-3-11-21-9-1-2-10-21/h1-2,4-7,9-10,14H,3,8,11-13H2,(H,20,24). The van der Waals surface area contributed by atoms with Gasteiger partial charge in [-0.2, -0.15) is 0 Å². The Morgan fingerprint density at radius 3 is 2.62 bits per heavy atom. The fourth-order valence-corrected chi connectivity index (χ4v) is 3.02. The van der Waals surface area contributed by atoms with Crippen LogP contribution in [0.25, 0.3) is 0 Å². The van der Waals surface area contributed by atoms with Crippen LogP contribution in [0.2, 0.25) is 5.02 Å². The summed E-state index contributed by atoms with van der Waals surface area (Å²) in [5, 5.41) is 3.56. The second-order valence-electron chi connectivity index (χ2n) is 5.95. The number of hydrogen-bond acceptors (Lipinski definition) is 2. The van der Waals surface area contributed by atoms with Crippen molar-refractivity contribution >= 4 is 29.1 Å². The van der Waals surface area contributed by atoms with E-state index in [9.17, 15) is 9.59 Å². The maximum Gasteiger partial charge on any atom is 0.227 e. The molecule has 3 rings (SSSR count). The first-order valence-corrected chi connectivity index (χ1v) is 8.45. The van der Waals surface area contributed by atoms with Gasteiger partial charge >= 0.3 is 0 Å². The molecule has 1 aliphatic rings. The molecule has 1 aliphatic heterocycles. The van der Waals surface area contributed by atoms with Crippen LogP contribution < -0.4 is 10.2 Å². The highest BCUT2D eigenvalue weighted by molar-refractivity contribution is 6.30. The fraction of sp³-hybridized carbons (Fsp3) is 0.333. The molecule has 1 saturated heterocycles. The Morgan fingerprint density at radius 2 is 1.92 bits per heavy atom. The molecule has 24 heavy (non-hydrogen) atoms. The van der Waals surface area contributed by atoms with Crippen LogP contribution in [0.4, 0.5) is 5.69 Å². The average Bonchev–Trinajstić information content (AvgIpc) is 3.22. The summed E-state index contributed by atoms with van der Waals surface area (Å²) in [5.41, 5.74) is 0.785. The zero-order valence-corrected chi connectivity index (χ0v) is 14.1. The molecule has 0 spiro atoms. The Hall–Kier alpha value is -2.27. The van der Waals surface area contributed by atoms with E-state index in [-0.39, 0.29) is 24.2 Å². The third kappa shape index (κ3) is 3.97. The minimum Gasteiger partial charge on any atom is -0.356 e. The predicted octanol–water partition coefficient (Wildman–Crippen LogP) is 2.70. The smallest absolute Gasteiger partial charge is 0.227 e. The third-order valence-corrected chi connectivity index (χ3v) is 4.44. The Balaban J connectivity index is 1.47. The Kier molecular flexibility index (Phi) is 5.20. The molecule has 5 nitrogen and oxygen atoms in total. The summed E-state index contributed by atoms with van der Waals surface area (Å²) in [6.45, 7) is 1.90. The van der Waals surface area contributed by atoms with Gasteiger partial charge in [0.25, 0.3) is 0 Å². The summed E-state index contributed by atoms with van der Waals surface area (Å²) in [6.07, 6.45) is 5.12. The molecular weight excluding hydrogens is 326 g/mol. The zero-order valence-electron chi connectivity index (χ0n) is 13.3. The summed E-state index contributed by atoms with van der Waals surface area (Å²) < 4.78 is 2.08. The van der Waals surface area contributed by atoms with Gasteiger partial charge in [-0.05, 0) is 42.8 Å². The molecule has 1 aromatic carbocycles. The number of halogens is 1. The lowest BCUT2D eigenvalue weighted by Gasteiger charge is -2.16. The molecule has 1 aromatic heterocycles. The second-order valence-corrected chi connectivity index (χ2v) is 6.38. The van der Waals surface area contributed by atoms with Gasteiger partial charge in [-0.1, -0.05) is 11.6 Å². The number of benzene rings is 1. The highest BCUT2D eigenvalue weighted by Crippen LogP contribution is 2.26. The highest BCUT2D eigenvalue weighted by atomic mass is 35.5. The number of carbonyl (C=O) groups excluding carboxylic acids is 2. The van der Waals surface area contributed by atoms with E-state index in [0.29, 0.717) is 18.1 Å². The van der Waals surface area contributed by atoms with E-state index in [0.717, 1.165) is 18.7 Å². The molecule has 2 heterocycles. The molecule has 0 saturated carbocycles. The number of hydrogen-bond donors (Lipinski definition) is 1.